The second-order valence-corrected chi connectivity index (χ2v) is 5.11. The Morgan fingerprint density at radius 1 is 1.00 bits per heavy atom. The topological polar surface area (TPSA) is 32.3 Å². The van der Waals surface area contributed by atoms with Crippen LogP contribution in [-0.2, 0) is 6.42 Å². The van der Waals surface area contributed by atoms with Crippen molar-refractivity contribution in [2.45, 2.75) is 32.2 Å². The van der Waals surface area contributed by atoms with E-state index in [1.165, 1.54) is 12.0 Å². The minimum atomic E-state index is 0. The molecule has 0 aromatic heterocycles. The summed E-state index contributed by atoms with van der Waals surface area (Å²) in [6.07, 6.45) is 3.22. The molecule has 0 heterocycles. The third-order valence-electron chi connectivity index (χ3n) is 3.52. The van der Waals surface area contributed by atoms with E-state index in [-0.39, 0.29) is 18.4 Å². The van der Waals surface area contributed by atoms with Gasteiger partial charge in [0.1, 0.15) is 5.75 Å². The van der Waals surface area contributed by atoms with E-state index in [2.05, 4.69) is 36.5 Å². The molecule has 114 valence electrons. The van der Waals surface area contributed by atoms with E-state index in [0.29, 0.717) is 5.75 Å². The van der Waals surface area contributed by atoms with Gasteiger partial charge in [0.2, 0.25) is 0 Å². The van der Waals surface area contributed by atoms with Crippen molar-refractivity contribution in [3.8, 4) is 5.75 Å². The SMILES string of the molecule is CCCCNC(Cc1ccccc1)c1ccccc1O.Cl. The maximum absolute atomic E-state index is 10.1. The van der Waals surface area contributed by atoms with Crippen LogP contribution in [0.1, 0.15) is 36.9 Å². The molecule has 0 radical (unpaired) electrons. The minimum Gasteiger partial charge on any atom is -0.508 e. The minimum absolute atomic E-state index is 0. The molecule has 0 saturated heterocycles. The number of halogens is 1. The Hall–Kier alpha value is -1.51. The second kappa shape index (κ2) is 9.43. The molecule has 2 rings (SSSR count). The number of benzene rings is 2. The van der Waals surface area contributed by atoms with Crippen LogP contribution in [0.4, 0.5) is 0 Å². The van der Waals surface area contributed by atoms with Gasteiger partial charge in [0.25, 0.3) is 0 Å². The predicted molar refractivity (Wildman–Crippen MR) is 91.2 cm³/mol. The molecule has 0 saturated carbocycles. The molecule has 1 unspecified atom stereocenters. The van der Waals surface area contributed by atoms with E-state index in [1.807, 2.05) is 24.3 Å². The number of nitrogens with one attached hydrogen (secondary N) is 1. The zero-order chi connectivity index (χ0) is 14.2. The highest BCUT2D eigenvalue weighted by molar-refractivity contribution is 5.85. The maximum Gasteiger partial charge on any atom is 0.120 e. The molecule has 21 heavy (non-hydrogen) atoms. The first-order chi connectivity index (χ1) is 9.81. The highest BCUT2D eigenvalue weighted by Crippen LogP contribution is 2.26. The fourth-order valence-corrected chi connectivity index (χ4v) is 2.38. The van der Waals surface area contributed by atoms with Gasteiger partial charge in [-0.25, -0.2) is 0 Å². The van der Waals surface area contributed by atoms with Crippen molar-refractivity contribution in [1.82, 2.24) is 5.32 Å². The van der Waals surface area contributed by atoms with Gasteiger partial charge in [0.05, 0.1) is 0 Å². The number of hydrogen-bond donors (Lipinski definition) is 2. The van der Waals surface area contributed by atoms with Gasteiger partial charge in [0, 0.05) is 11.6 Å². The van der Waals surface area contributed by atoms with Crippen molar-refractivity contribution < 1.29 is 5.11 Å². The first-order valence-electron chi connectivity index (χ1n) is 7.36. The summed E-state index contributed by atoms with van der Waals surface area (Å²) in [6.45, 7) is 3.16. The Morgan fingerprint density at radius 3 is 2.33 bits per heavy atom. The van der Waals surface area contributed by atoms with E-state index in [9.17, 15) is 5.11 Å². The summed E-state index contributed by atoms with van der Waals surface area (Å²) in [5.74, 6) is 0.373. The van der Waals surface area contributed by atoms with Crippen molar-refractivity contribution in [2.75, 3.05) is 6.54 Å². The maximum atomic E-state index is 10.1. The van der Waals surface area contributed by atoms with Crippen LogP contribution in [0.5, 0.6) is 5.75 Å². The lowest BCUT2D eigenvalue weighted by atomic mass is 9.98. The Balaban J connectivity index is 0.00000220. The van der Waals surface area contributed by atoms with Crippen molar-refractivity contribution in [3.63, 3.8) is 0 Å². The number of phenolic OH excluding ortho intramolecular Hbond substituents is 1. The number of aromatic hydroxyl groups is 1. The van der Waals surface area contributed by atoms with Crippen LogP contribution in [0.25, 0.3) is 0 Å². The first-order valence-corrected chi connectivity index (χ1v) is 7.36. The Kier molecular flexibility index (Phi) is 7.88. The Labute approximate surface area is 133 Å². The zero-order valence-electron chi connectivity index (χ0n) is 12.5. The average molecular weight is 306 g/mol. The van der Waals surface area contributed by atoms with Gasteiger partial charge in [-0.1, -0.05) is 61.9 Å². The average Bonchev–Trinajstić information content (AvgIpc) is 2.48. The van der Waals surface area contributed by atoms with Crippen molar-refractivity contribution in [1.29, 1.82) is 0 Å². The molecule has 0 aliphatic rings. The van der Waals surface area contributed by atoms with Gasteiger partial charge in [-0.2, -0.15) is 0 Å². The fraction of sp³-hybridized carbons (Fsp3) is 0.333. The third-order valence-corrected chi connectivity index (χ3v) is 3.52. The molecule has 2 aromatic carbocycles. The summed E-state index contributed by atoms with van der Waals surface area (Å²) < 4.78 is 0. The summed E-state index contributed by atoms with van der Waals surface area (Å²) in [6, 6.07) is 18.2. The molecular formula is C18H24ClNO. The number of hydrogen-bond acceptors (Lipinski definition) is 2. The van der Waals surface area contributed by atoms with Crippen LogP contribution < -0.4 is 5.32 Å². The largest absolute Gasteiger partial charge is 0.508 e. The fourth-order valence-electron chi connectivity index (χ4n) is 2.38. The highest BCUT2D eigenvalue weighted by atomic mass is 35.5. The van der Waals surface area contributed by atoms with E-state index < -0.39 is 0 Å². The number of rotatable bonds is 7. The van der Waals surface area contributed by atoms with Crippen molar-refractivity contribution in [2.24, 2.45) is 0 Å². The smallest absolute Gasteiger partial charge is 0.120 e. The lowest BCUT2D eigenvalue weighted by Gasteiger charge is -2.20. The van der Waals surface area contributed by atoms with E-state index in [1.54, 1.807) is 6.07 Å². The molecule has 0 fully saturated rings. The number of phenols is 1. The van der Waals surface area contributed by atoms with Gasteiger partial charge in [-0.05, 0) is 31.0 Å². The standard InChI is InChI=1S/C18H23NO.ClH/c1-2-3-13-19-17(14-15-9-5-4-6-10-15)16-11-7-8-12-18(16)20;/h4-12,17,19-20H,2-3,13-14H2,1H3;1H. The normalized spacial score (nSPS) is 11.7. The van der Waals surface area contributed by atoms with Gasteiger partial charge in [-0.15, -0.1) is 12.4 Å². The molecule has 0 amide bonds. The van der Waals surface area contributed by atoms with Gasteiger partial charge < -0.3 is 10.4 Å². The van der Waals surface area contributed by atoms with Crippen LogP contribution in [-0.4, -0.2) is 11.7 Å². The van der Waals surface area contributed by atoms with E-state index >= 15 is 0 Å². The van der Waals surface area contributed by atoms with Crippen LogP contribution in [0.15, 0.2) is 54.6 Å². The molecular weight excluding hydrogens is 282 g/mol. The lowest BCUT2D eigenvalue weighted by Crippen LogP contribution is -2.24. The van der Waals surface area contributed by atoms with Gasteiger partial charge in [-0.3, -0.25) is 0 Å². The summed E-state index contributed by atoms with van der Waals surface area (Å²) in [4.78, 5) is 0. The monoisotopic (exact) mass is 305 g/mol. The molecule has 2 nitrogen and oxygen atoms in total. The van der Waals surface area contributed by atoms with Crippen LogP contribution in [0, 0.1) is 0 Å². The quantitative estimate of drug-likeness (QED) is 0.739. The third kappa shape index (κ3) is 5.41. The van der Waals surface area contributed by atoms with Crippen molar-refractivity contribution >= 4 is 12.4 Å². The molecule has 3 heteroatoms. The predicted octanol–water partition coefficient (Wildman–Crippen LogP) is 4.49. The highest BCUT2D eigenvalue weighted by Gasteiger charge is 2.14. The second-order valence-electron chi connectivity index (χ2n) is 5.11. The Bertz CT molecular complexity index is 516. The van der Waals surface area contributed by atoms with E-state index in [4.69, 9.17) is 0 Å². The lowest BCUT2D eigenvalue weighted by molar-refractivity contribution is 0.442. The summed E-state index contributed by atoms with van der Waals surface area (Å²) in [5.41, 5.74) is 2.26. The number of para-hydroxylation sites is 1. The van der Waals surface area contributed by atoms with Gasteiger partial charge in [0.15, 0.2) is 0 Å². The van der Waals surface area contributed by atoms with Crippen LogP contribution in [0.3, 0.4) is 0 Å². The Morgan fingerprint density at radius 2 is 1.67 bits per heavy atom. The van der Waals surface area contributed by atoms with Crippen LogP contribution >= 0.6 is 12.4 Å². The van der Waals surface area contributed by atoms with Crippen molar-refractivity contribution in [3.05, 3.63) is 65.7 Å². The summed E-state index contributed by atoms with van der Waals surface area (Å²) in [5, 5.41) is 13.6. The van der Waals surface area contributed by atoms with Gasteiger partial charge >= 0.3 is 0 Å². The molecule has 0 bridgehead atoms. The van der Waals surface area contributed by atoms with Crippen LogP contribution in [0.2, 0.25) is 0 Å². The molecule has 0 aliphatic heterocycles. The summed E-state index contributed by atoms with van der Waals surface area (Å²) in [7, 11) is 0. The molecule has 0 spiro atoms. The molecule has 0 aliphatic carbocycles. The number of unbranched alkanes of at least 4 members (excludes halogenated alkanes) is 1. The molecule has 2 N–H and O–H groups in total. The molecule has 2 aromatic rings. The van der Waals surface area contributed by atoms with E-state index in [0.717, 1.165) is 24.9 Å². The first kappa shape index (κ1) is 17.5. The zero-order valence-corrected chi connectivity index (χ0v) is 13.3. The summed E-state index contributed by atoms with van der Waals surface area (Å²) >= 11 is 0. The molecule has 1 atom stereocenters.